The lowest BCUT2D eigenvalue weighted by atomic mass is 10.1. The summed E-state index contributed by atoms with van der Waals surface area (Å²) in [6.45, 7) is 8.12. The summed E-state index contributed by atoms with van der Waals surface area (Å²) in [7, 11) is 1.75. The number of methoxy groups -OCH3 is 1. The molecule has 1 aliphatic heterocycles. The van der Waals surface area contributed by atoms with Crippen LogP contribution in [0.4, 0.5) is 0 Å². The molecule has 1 heterocycles. The number of morpholine rings is 1. The number of nitrogens with zero attached hydrogens (tertiary/aromatic N) is 1. The molecule has 1 aliphatic rings. The van der Waals surface area contributed by atoms with Gasteiger partial charge in [-0.1, -0.05) is 13.8 Å². The Kier molecular flexibility index (Phi) is 4.70. The average Bonchev–Trinajstić information content (AvgIpc) is 2.19. The lowest BCUT2D eigenvalue weighted by Crippen LogP contribution is -2.51. The van der Waals surface area contributed by atoms with Crippen molar-refractivity contribution in [2.75, 3.05) is 33.4 Å². The molecule has 13 heavy (non-hydrogen) atoms. The Morgan fingerprint density at radius 1 is 1.46 bits per heavy atom. The normalized spacial score (nSPS) is 30.7. The van der Waals surface area contributed by atoms with Crippen molar-refractivity contribution in [2.45, 2.75) is 32.4 Å². The number of likely N-dealkylation sites (N-methyl/N-ethyl adjacent to an activating group) is 1. The second kappa shape index (κ2) is 5.58. The van der Waals surface area contributed by atoms with Crippen LogP contribution in [0.15, 0.2) is 0 Å². The predicted octanol–water partition coefficient (Wildman–Crippen LogP) is 1.13. The van der Waals surface area contributed by atoms with Crippen LogP contribution in [0.5, 0.6) is 0 Å². The van der Waals surface area contributed by atoms with Gasteiger partial charge in [-0.25, -0.2) is 0 Å². The van der Waals surface area contributed by atoms with Crippen LogP contribution in [0, 0.1) is 0 Å². The van der Waals surface area contributed by atoms with E-state index in [1.165, 1.54) is 0 Å². The van der Waals surface area contributed by atoms with E-state index in [0.717, 1.165) is 32.7 Å². The van der Waals surface area contributed by atoms with E-state index < -0.39 is 0 Å². The van der Waals surface area contributed by atoms with Crippen LogP contribution in [-0.2, 0) is 9.47 Å². The van der Waals surface area contributed by atoms with E-state index in [0.29, 0.717) is 12.1 Å². The molecule has 3 heteroatoms. The minimum absolute atomic E-state index is 0.424. The van der Waals surface area contributed by atoms with E-state index in [2.05, 4.69) is 18.7 Å². The van der Waals surface area contributed by atoms with Crippen LogP contribution in [-0.4, -0.2) is 50.5 Å². The number of rotatable bonds is 4. The highest BCUT2D eigenvalue weighted by Gasteiger charge is 2.26. The fourth-order valence-corrected chi connectivity index (χ4v) is 1.80. The molecule has 0 aromatic carbocycles. The Balaban J connectivity index is 2.40. The monoisotopic (exact) mass is 187 g/mol. The highest BCUT2D eigenvalue weighted by Crippen LogP contribution is 2.13. The zero-order valence-corrected chi connectivity index (χ0v) is 8.95. The van der Waals surface area contributed by atoms with Crippen LogP contribution in [0.1, 0.15) is 20.3 Å². The number of hydrogen-bond donors (Lipinski definition) is 0. The Morgan fingerprint density at radius 2 is 2.23 bits per heavy atom. The Morgan fingerprint density at radius 3 is 2.77 bits per heavy atom. The van der Waals surface area contributed by atoms with Gasteiger partial charge in [0.15, 0.2) is 0 Å². The molecule has 0 radical (unpaired) electrons. The fraction of sp³-hybridized carbons (Fsp3) is 1.00. The van der Waals surface area contributed by atoms with Crippen molar-refractivity contribution >= 4 is 0 Å². The maximum atomic E-state index is 5.70. The van der Waals surface area contributed by atoms with Crippen LogP contribution in [0.3, 0.4) is 0 Å². The lowest BCUT2D eigenvalue weighted by Gasteiger charge is -2.38. The standard InChI is InChI=1S/C10H21NO2/c1-4-10-6-11(5-2)9(7-12-3)8-13-10/h9-10H,4-8H2,1-3H3. The topological polar surface area (TPSA) is 21.7 Å². The number of ether oxygens (including phenoxy) is 2. The van der Waals surface area contributed by atoms with Crippen molar-refractivity contribution in [3.63, 3.8) is 0 Å². The van der Waals surface area contributed by atoms with E-state index in [-0.39, 0.29) is 0 Å². The molecule has 0 saturated carbocycles. The van der Waals surface area contributed by atoms with Gasteiger partial charge in [0, 0.05) is 13.7 Å². The number of hydrogen-bond acceptors (Lipinski definition) is 3. The largest absolute Gasteiger partial charge is 0.383 e. The molecule has 0 aromatic rings. The third-order valence-electron chi connectivity index (χ3n) is 2.70. The highest BCUT2D eigenvalue weighted by molar-refractivity contribution is 4.78. The Labute approximate surface area is 81.0 Å². The molecule has 0 spiro atoms. The summed E-state index contributed by atoms with van der Waals surface area (Å²) in [6.07, 6.45) is 1.53. The maximum Gasteiger partial charge on any atom is 0.0700 e. The smallest absolute Gasteiger partial charge is 0.0700 e. The third-order valence-corrected chi connectivity index (χ3v) is 2.70. The van der Waals surface area contributed by atoms with Crippen molar-refractivity contribution in [2.24, 2.45) is 0 Å². The molecular formula is C10H21NO2. The molecule has 0 aliphatic carbocycles. The van der Waals surface area contributed by atoms with E-state index in [4.69, 9.17) is 9.47 Å². The molecule has 78 valence electrons. The lowest BCUT2D eigenvalue weighted by molar-refractivity contribution is -0.0797. The van der Waals surface area contributed by atoms with Crippen LogP contribution in [0.25, 0.3) is 0 Å². The second-order valence-corrected chi connectivity index (χ2v) is 3.56. The molecular weight excluding hydrogens is 166 g/mol. The Hall–Kier alpha value is -0.120. The van der Waals surface area contributed by atoms with E-state index in [1.54, 1.807) is 7.11 Å². The van der Waals surface area contributed by atoms with E-state index in [1.807, 2.05) is 0 Å². The zero-order chi connectivity index (χ0) is 9.68. The molecule has 0 bridgehead atoms. The van der Waals surface area contributed by atoms with Gasteiger partial charge in [0.1, 0.15) is 0 Å². The van der Waals surface area contributed by atoms with Crippen molar-refractivity contribution in [1.82, 2.24) is 4.90 Å². The maximum absolute atomic E-state index is 5.70. The predicted molar refractivity (Wildman–Crippen MR) is 52.9 cm³/mol. The van der Waals surface area contributed by atoms with Crippen molar-refractivity contribution < 1.29 is 9.47 Å². The first-order valence-electron chi connectivity index (χ1n) is 5.16. The van der Waals surface area contributed by atoms with Crippen LogP contribution >= 0.6 is 0 Å². The second-order valence-electron chi connectivity index (χ2n) is 3.56. The van der Waals surface area contributed by atoms with Gasteiger partial charge in [-0.15, -0.1) is 0 Å². The average molecular weight is 187 g/mol. The Bertz CT molecular complexity index is 141. The van der Waals surface area contributed by atoms with E-state index >= 15 is 0 Å². The van der Waals surface area contributed by atoms with Crippen molar-refractivity contribution in [3.05, 3.63) is 0 Å². The summed E-state index contributed by atoms with van der Waals surface area (Å²) in [5.41, 5.74) is 0. The van der Waals surface area contributed by atoms with Gasteiger partial charge in [-0.3, -0.25) is 4.90 Å². The van der Waals surface area contributed by atoms with Crippen LogP contribution in [0.2, 0.25) is 0 Å². The molecule has 0 amide bonds. The molecule has 1 saturated heterocycles. The summed E-state index contributed by atoms with van der Waals surface area (Å²) >= 11 is 0. The van der Waals surface area contributed by atoms with E-state index in [9.17, 15) is 0 Å². The molecule has 3 nitrogen and oxygen atoms in total. The minimum atomic E-state index is 0.424. The third kappa shape index (κ3) is 2.93. The molecule has 2 unspecified atom stereocenters. The van der Waals surface area contributed by atoms with Gasteiger partial charge in [-0.05, 0) is 13.0 Å². The minimum Gasteiger partial charge on any atom is -0.383 e. The van der Waals surface area contributed by atoms with Gasteiger partial charge in [0.25, 0.3) is 0 Å². The van der Waals surface area contributed by atoms with Crippen molar-refractivity contribution in [3.8, 4) is 0 Å². The summed E-state index contributed by atoms with van der Waals surface area (Å²) in [5, 5.41) is 0. The summed E-state index contributed by atoms with van der Waals surface area (Å²) in [4.78, 5) is 2.45. The summed E-state index contributed by atoms with van der Waals surface area (Å²) in [5.74, 6) is 0. The van der Waals surface area contributed by atoms with Crippen LogP contribution < -0.4 is 0 Å². The first-order valence-corrected chi connectivity index (χ1v) is 5.16. The summed E-state index contributed by atoms with van der Waals surface area (Å²) in [6, 6.07) is 0.456. The SMILES string of the molecule is CCC1CN(CC)C(COC)CO1. The van der Waals surface area contributed by atoms with Gasteiger partial charge >= 0.3 is 0 Å². The highest BCUT2D eigenvalue weighted by atomic mass is 16.5. The summed E-state index contributed by atoms with van der Waals surface area (Å²) < 4.78 is 10.9. The fourth-order valence-electron chi connectivity index (χ4n) is 1.80. The molecule has 1 fully saturated rings. The first kappa shape index (κ1) is 11.0. The molecule has 2 atom stereocenters. The van der Waals surface area contributed by atoms with Gasteiger partial charge in [0.05, 0.1) is 25.4 Å². The molecule has 0 N–H and O–H groups in total. The van der Waals surface area contributed by atoms with Crippen molar-refractivity contribution in [1.29, 1.82) is 0 Å². The first-order chi connectivity index (χ1) is 6.31. The molecule has 0 aromatic heterocycles. The zero-order valence-electron chi connectivity index (χ0n) is 8.95. The quantitative estimate of drug-likeness (QED) is 0.658. The molecule has 1 rings (SSSR count). The van der Waals surface area contributed by atoms with Gasteiger partial charge in [0.2, 0.25) is 0 Å². The van der Waals surface area contributed by atoms with Gasteiger partial charge < -0.3 is 9.47 Å². The van der Waals surface area contributed by atoms with Gasteiger partial charge in [-0.2, -0.15) is 0 Å².